The van der Waals surface area contributed by atoms with Crippen LogP contribution in [0.5, 0.6) is 0 Å². The summed E-state index contributed by atoms with van der Waals surface area (Å²) in [5.41, 5.74) is 0. The average molecular weight is 777 g/mol. The molecule has 26 heavy (non-hydrogen) atoms. The SMILES string of the molecule is C.CCCCCCCCCCCCCCCCNSC(I)(I)SSSI. The van der Waals surface area contributed by atoms with E-state index in [4.69, 9.17) is 0 Å². The van der Waals surface area contributed by atoms with E-state index in [0.717, 1.165) is 6.54 Å². The summed E-state index contributed by atoms with van der Waals surface area (Å²) in [6.07, 6.45) is 20.0. The monoisotopic (exact) mass is 777 g/mol. The smallest absolute Gasteiger partial charge is 0.187 e. The third kappa shape index (κ3) is 25.6. The highest BCUT2D eigenvalue weighted by Gasteiger charge is 2.24. The predicted octanol–water partition coefficient (Wildman–Crippen LogP) is 11.2. The molecule has 1 nitrogen and oxygen atoms in total. The summed E-state index contributed by atoms with van der Waals surface area (Å²) < 4.78 is 3.72. The van der Waals surface area contributed by atoms with Crippen LogP contribution >= 0.6 is 107 Å². The summed E-state index contributed by atoms with van der Waals surface area (Å²) in [6, 6.07) is 0. The Kier molecular flexibility index (Phi) is 30.3. The van der Waals surface area contributed by atoms with Gasteiger partial charge < -0.3 is 0 Å². The highest BCUT2D eigenvalue weighted by atomic mass is 127. The second kappa shape index (κ2) is 24.8. The summed E-state index contributed by atoms with van der Waals surface area (Å²) in [6.45, 7) is 3.43. The number of nitrogens with one attached hydrogen (secondary N) is 1. The molecule has 0 aliphatic rings. The molecule has 0 amide bonds. The first-order valence-corrected chi connectivity index (χ1v) is 18.5. The van der Waals surface area contributed by atoms with Gasteiger partial charge in [0.2, 0.25) is 0 Å². The molecule has 0 aromatic carbocycles. The molecular weight excluding hydrogens is 739 g/mol. The number of alkyl halides is 2. The molecule has 8 heteroatoms. The van der Waals surface area contributed by atoms with Crippen molar-refractivity contribution in [3.05, 3.63) is 0 Å². The molecule has 0 bridgehead atoms. The van der Waals surface area contributed by atoms with E-state index in [1.807, 2.05) is 32.6 Å². The van der Waals surface area contributed by atoms with Gasteiger partial charge in [-0.1, -0.05) is 97.8 Å². The van der Waals surface area contributed by atoms with Crippen LogP contribution in [-0.2, 0) is 0 Å². The van der Waals surface area contributed by atoms with Crippen LogP contribution in [0.4, 0.5) is 0 Å². The van der Waals surface area contributed by atoms with E-state index >= 15 is 0 Å². The fourth-order valence-corrected chi connectivity index (χ4v) is 12.6. The Bertz CT molecular complexity index is 275. The van der Waals surface area contributed by atoms with Crippen LogP contribution in [0.1, 0.15) is 104 Å². The van der Waals surface area contributed by atoms with Crippen molar-refractivity contribution in [2.24, 2.45) is 0 Å². The molecule has 0 heterocycles. The first-order valence-electron chi connectivity index (χ1n) is 9.54. The van der Waals surface area contributed by atoms with Crippen LogP contribution in [-0.4, -0.2) is 6.64 Å². The molecule has 0 saturated carbocycles. The van der Waals surface area contributed by atoms with Gasteiger partial charge >= 0.3 is 0 Å². The Morgan fingerprint density at radius 2 is 1.15 bits per heavy atom. The Balaban J connectivity index is 0. The molecule has 0 radical (unpaired) electrons. The Morgan fingerprint density at radius 1 is 0.731 bits per heavy atom. The second-order valence-corrected chi connectivity index (χ2v) is 22.7. The summed E-state index contributed by atoms with van der Waals surface area (Å²) in [5, 5.41) is 0. The maximum atomic E-state index is 3.53. The zero-order chi connectivity index (χ0) is 18.6. The highest BCUT2D eigenvalue weighted by Crippen LogP contribution is 2.57. The first-order chi connectivity index (χ1) is 12.1. The van der Waals surface area contributed by atoms with E-state index in [9.17, 15) is 0 Å². The molecule has 0 unspecified atom stereocenters. The van der Waals surface area contributed by atoms with Gasteiger partial charge in [0.15, 0.2) is 0.0925 Å². The van der Waals surface area contributed by atoms with Crippen molar-refractivity contribution in [2.45, 2.75) is 104 Å². The van der Waals surface area contributed by atoms with Gasteiger partial charge in [0, 0.05) is 27.8 Å². The summed E-state index contributed by atoms with van der Waals surface area (Å²) in [7, 11) is 5.55. The fraction of sp³-hybridized carbons (Fsp3) is 1.00. The van der Waals surface area contributed by atoms with Gasteiger partial charge in [0.05, 0.1) is 0 Å². The molecule has 0 aromatic rings. The van der Waals surface area contributed by atoms with Crippen molar-refractivity contribution >= 4 is 107 Å². The number of halogens is 3. The summed E-state index contributed by atoms with van der Waals surface area (Å²) in [4.78, 5) is 0. The van der Waals surface area contributed by atoms with Gasteiger partial charge in [-0.15, -0.1) is 0 Å². The van der Waals surface area contributed by atoms with Crippen molar-refractivity contribution in [3.8, 4) is 0 Å². The zero-order valence-corrected chi connectivity index (χ0v) is 25.1. The highest BCUT2D eigenvalue weighted by molar-refractivity contribution is 14.2. The standard InChI is InChI=1S/C17H34I3NS4.CH4/c1-2-3-4-5-6-7-8-9-10-11-12-13-14-15-16-21-22-17(18,19)23-25-24-20;/h21H,2-16H2,1H3;1H4. The number of rotatable bonds is 20. The van der Waals surface area contributed by atoms with Gasteiger partial charge in [0.1, 0.15) is 0 Å². The second-order valence-electron chi connectivity index (χ2n) is 6.27. The van der Waals surface area contributed by atoms with Crippen molar-refractivity contribution in [1.29, 1.82) is 0 Å². The number of hydrogen-bond donors (Lipinski definition) is 1. The van der Waals surface area contributed by atoms with Crippen molar-refractivity contribution in [1.82, 2.24) is 4.72 Å². The zero-order valence-electron chi connectivity index (χ0n) is 15.4. The Morgan fingerprint density at radius 3 is 1.58 bits per heavy atom. The van der Waals surface area contributed by atoms with Crippen LogP contribution in [0.2, 0.25) is 0 Å². The van der Waals surface area contributed by atoms with E-state index in [2.05, 4.69) is 78.0 Å². The van der Waals surface area contributed by atoms with E-state index in [1.165, 1.54) is 89.9 Å². The van der Waals surface area contributed by atoms with Crippen molar-refractivity contribution < 1.29 is 0 Å². The molecule has 1 N–H and O–H groups in total. The third-order valence-electron chi connectivity index (χ3n) is 3.98. The van der Waals surface area contributed by atoms with E-state index in [1.54, 1.807) is 7.97 Å². The van der Waals surface area contributed by atoms with Crippen molar-refractivity contribution in [2.75, 3.05) is 6.54 Å². The largest absolute Gasteiger partial charge is 0.262 e. The average Bonchev–Trinajstić information content (AvgIpc) is 2.59. The lowest BCUT2D eigenvalue weighted by molar-refractivity contribution is 0.535. The lowest BCUT2D eigenvalue weighted by atomic mass is 10.0. The van der Waals surface area contributed by atoms with Crippen LogP contribution in [0, 0.1) is 0 Å². The summed E-state index contributed by atoms with van der Waals surface area (Å²) >= 11 is 9.21. The van der Waals surface area contributed by atoms with E-state index in [0.29, 0.717) is 0 Å². The molecule has 0 saturated heterocycles. The molecule has 160 valence electrons. The molecule has 0 fully saturated rings. The van der Waals surface area contributed by atoms with Gasteiger partial charge in [-0.05, 0) is 92.1 Å². The lowest BCUT2D eigenvalue weighted by Gasteiger charge is -2.17. The van der Waals surface area contributed by atoms with Crippen LogP contribution in [0.3, 0.4) is 0 Å². The quantitative estimate of drug-likeness (QED) is 0.0329. The first kappa shape index (κ1) is 31.7. The molecular formula is C18H38I3NS4. The minimum Gasteiger partial charge on any atom is -0.262 e. The minimum absolute atomic E-state index is 0. The molecule has 0 aromatic heterocycles. The number of unbranched alkanes of at least 4 members (excludes halogenated alkanes) is 13. The normalized spacial score (nSPS) is 11.5. The van der Waals surface area contributed by atoms with Crippen LogP contribution in [0.15, 0.2) is 0 Å². The summed E-state index contributed by atoms with van der Waals surface area (Å²) in [5.74, 6) is 0. The van der Waals surface area contributed by atoms with Gasteiger partial charge in [0.25, 0.3) is 0 Å². The minimum atomic E-state index is 0. The number of hydrogen-bond acceptors (Lipinski definition) is 5. The fourth-order valence-electron chi connectivity index (χ4n) is 2.60. The van der Waals surface area contributed by atoms with E-state index in [-0.39, 0.29) is 7.52 Å². The Hall–Kier alpha value is 3.55. The molecule has 0 atom stereocenters. The maximum absolute atomic E-state index is 3.53. The molecule has 0 aliphatic carbocycles. The third-order valence-corrected chi connectivity index (χ3v) is 16.3. The van der Waals surface area contributed by atoms with E-state index < -0.39 is 0 Å². The lowest BCUT2D eigenvalue weighted by Crippen LogP contribution is -2.12. The van der Waals surface area contributed by atoms with Crippen molar-refractivity contribution in [3.63, 3.8) is 0 Å². The van der Waals surface area contributed by atoms with Crippen LogP contribution < -0.4 is 4.72 Å². The van der Waals surface area contributed by atoms with Gasteiger partial charge in [-0.2, -0.15) is 0 Å². The topological polar surface area (TPSA) is 12.0 Å². The molecule has 0 aliphatic heterocycles. The van der Waals surface area contributed by atoms with Crippen LogP contribution in [0.25, 0.3) is 0 Å². The predicted molar refractivity (Wildman–Crippen MR) is 160 cm³/mol. The Labute approximate surface area is 219 Å². The van der Waals surface area contributed by atoms with Gasteiger partial charge in [-0.3, -0.25) is 4.72 Å². The maximum Gasteiger partial charge on any atom is 0.187 e. The molecule has 0 spiro atoms. The molecule has 0 rings (SSSR count). The van der Waals surface area contributed by atoms with Gasteiger partial charge in [-0.25, -0.2) is 0 Å².